The van der Waals surface area contributed by atoms with Gasteiger partial charge in [-0.15, -0.1) is 12.4 Å². The molecule has 0 saturated carbocycles. The fourth-order valence-electron chi connectivity index (χ4n) is 3.43. The molecule has 3 unspecified atom stereocenters. The zero-order valence-corrected chi connectivity index (χ0v) is 15.5. The van der Waals surface area contributed by atoms with Crippen molar-refractivity contribution in [1.29, 1.82) is 0 Å². The van der Waals surface area contributed by atoms with Crippen molar-refractivity contribution >= 4 is 24.2 Å². The molecule has 8 heteroatoms. The van der Waals surface area contributed by atoms with Crippen LogP contribution >= 0.6 is 12.4 Å². The molecule has 0 aromatic heterocycles. The molecule has 2 saturated heterocycles. The van der Waals surface area contributed by atoms with E-state index in [0.717, 1.165) is 19.4 Å². The van der Waals surface area contributed by atoms with E-state index in [1.807, 2.05) is 18.7 Å². The van der Waals surface area contributed by atoms with Gasteiger partial charge in [-0.25, -0.2) is 0 Å². The van der Waals surface area contributed by atoms with E-state index < -0.39 is 0 Å². The Morgan fingerprint density at radius 1 is 1.21 bits per heavy atom. The molecular formula is C16H31ClN4O3. The average Bonchev–Trinajstić information content (AvgIpc) is 2.52. The maximum Gasteiger partial charge on any atom is 0.236 e. The third-order valence-corrected chi connectivity index (χ3v) is 4.45. The van der Waals surface area contributed by atoms with Gasteiger partial charge in [0.2, 0.25) is 11.8 Å². The highest BCUT2D eigenvalue weighted by atomic mass is 35.5. The second-order valence-electron chi connectivity index (χ2n) is 6.71. The summed E-state index contributed by atoms with van der Waals surface area (Å²) in [6.45, 7) is 8.17. The van der Waals surface area contributed by atoms with Gasteiger partial charge in [-0.2, -0.15) is 0 Å². The van der Waals surface area contributed by atoms with Crippen molar-refractivity contribution in [2.75, 3.05) is 45.8 Å². The second-order valence-corrected chi connectivity index (χ2v) is 6.71. The Balaban J connectivity index is 0.00000288. The highest BCUT2D eigenvalue weighted by Gasteiger charge is 2.30. The van der Waals surface area contributed by atoms with Crippen molar-refractivity contribution in [2.45, 2.75) is 38.9 Å². The topological polar surface area (TPSA) is 87.9 Å². The number of nitrogens with two attached hydrogens (primary N) is 1. The Morgan fingerprint density at radius 2 is 1.88 bits per heavy atom. The lowest BCUT2D eigenvalue weighted by molar-refractivity contribution is -0.145. The summed E-state index contributed by atoms with van der Waals surface area (Å²) in [4.78, 5) is 28.6. The Hall–Kier alpha value is -0.890. The van der Waals surface area contributed by atoms with E-state index in [9.17, 15) is 9.59 Å². The highest BCUT2D eigenvalue weighted by molar-refractivity contribution is 5.85. The molecule has 2 heterocycles. The van der Waals surface area contributed by atoms with Crippen LogP contribution in [-0.2, 0) is 14.3 Å². The molecule has 3 N–H and O–H groups in total. The minimum absolute atomic E-state index is 0. The molecule has 0 bridgehead atoms. The van der Waals surface area contributed by atoms with Gasteiger partial charge in [0.05, 0.1) is 24.7 Å². The average molecular weight is 363 g/mol. The number of likely N-dealkylation sites (tertiary alicyclic amines) is 1. The first-order chi connectivity index (χ1) is 11.0. The molecule has 140 valence electrons. The van der Waals surface area contributed by atoms with Gasteiger partial charge < -0.3 is 20.7 Å². The van der Waals surface area contributed by atoms with Crippen molar-refractivity contribution in [3.63, 3.8) is 0 Å². The summed E-state index contributed by atoms with van der Waals surface area (Å²) in [7, 11) is 0. The molecule has 2 amide bonds. The number of hydrogen-bond acceptors (Lipinski definition) is 5. The van der Waals surface area contributed by atoms with Crippen molar-refractivity contribution in [2.24, 2.45) is 11.7 Å². The molecular weight excluding hydrogens is 332 g/mol. The molecule has 24 heavy (non-hydrogen) atoms. The van der Waals surface area contributed by atoms with E-state index in [2.05, 4.69) is 10.2 Å². The minimum Gasteiger partial charge on any atom is -0.372 e. The van der Waals surface area contributed by atoms with E-state index in [0.29, 0.717) is 39.3 Å². The van der Waals surface area contributed by atoms with Crippen LogP contribution in [0.3, 0.4) is 0 Å². The Kier molecular flexibility index (Phi) is 8.97. The summed E-state index contributed by atoms with van der Waals surface area (Å²) in [6, 6.07) is 0. The predicted molar refractivity (Wildman–Crippen MR) is 95.1 cm³/mol. The van der Waals surface area contributed by atoms with Gasteiger partial charge in [0.15, 0.2) is 0 Å². The summed E-state index contributed by atoms with van der Waals surface area (Å²) in [5.74, 6) is 0.155. The Labute approximate surface area is 150 Å². The molecule has 2 rings (SSSR count). The minimum atomic E-state index is -0.0364. The van der Waals surface area contributed by atoms with Crippen LogP contribution in [0.2, 0.25) is 0 Å². The van der Waals surface area contributed by atoms with Crippen LogP contribution < -0.4 is 11.1 Å². The number of morpholine rings is 1. The number of amides is 2. The number of carbonyl (C=O) groups is 2. The number of nitrogens with zero attached hydrogens (tertiary/aromatic N) is 2. The highest BCUT2D eigenvalue weighted by Crippen LogP contribution is 2.17. The van der Waals surface area contributed by atoms with Crippen LogP contribution in [0.25, 0.3) is 0 Å². The first kappa shape index (κ1) is 21.2. The molecule has 0 aromatic rings. The third kappa shape index (κ3) is 6.20. The van der Waals surface area contributed by atoms with Gasteiger partial charge in [0.25, 0.3) is 0 Å². The SMILES string of the molecule is CC1CN(C(=O)CN2CCCC(C(=O)NCCN)C2)CC(C)O1.Cl. The van der Waals surface area contributed by atoms with E-state index in [4.69, 9.17) is 10.5 Å². The Morgan fingerprint density at radius 3 is 2.50 bits per heavy atom. The normalized spacial score (nSPS) is 28.1. The predicted octanol–water partition coefficient (Wildman–Crippen LogP) is -0.169. The zero-order chi connectivity index (χ0) is 16.8. The Bertz CT molecular complexity index is 414. The van der Waals surface area contributed by atoms with E-state index in [1.165, 1.54) is 0 Å². The first-order valence-corrected chi connectivity index (χ1v) is 8.63. The quantitative estimate of drug-likeness (QED) is 0.709. The van der Waals surface area contributed by atoms with Crippen LogP contribution in [0.1, 0.15) is 26.7 Å². The van der Waals surface area contributed by atoms with Gasteiger partial charge in [0, 0.05) is 32.7 Å². The molecule has 0 aliphatic carbocycles. The molecule has 7 nitrogen and oxygen atoms in total. The second kappa shape index (κ2) is 10.2. The molecule has 2 aliphatic heterocycles. The first-order valence-electron chi connectivity index (χ1n) is 8.63. The number of ether oxygens (including phenoxy) is 1. The maximum absolute atomic E-state index is 12.5. The van der Waals surface area contributed by atoms with E-state index in [-0.39, 0.29) is 42.3 Å². The van der Waals surface area contributed by atoms with Crippen LogP contribution in [-0.4, -0.2) is 79.6 Å². The summed E-state index contributed by atoms with van der Waals surface area (Å²) < 4.78 is 5.67. The number of piperidine rings is 1. The fourth-order valence-corrected chi connectivity index (χ4v) is 3.43. The molecule has 2 aliphatic rings. The summed E-state index contributed by atoms with van der Waals surface area (Å²) in [5.41, 5.74) is 5.42. The van der Waals surface area contributed by atoms with Crippen LogP contribution in [0.4, 0.5) is 0 Å². The number of hydrogen-bond donors (Lipinski definition) is 2. The zero-order valence-electron chi connectivity index (χ0n) is 14.7. The van der Waals surface area contributed by atoms with Gasteiger partial charge in [-0.05, 0) is 33.2 Å². The number of rotatable bonds is 5. The summed E-state index contributed by atoms with van der Waals surface area (Å²) >= 11 is 0. The van der Waals surface area contributed by atoms with Gasteiger partial charge >= 0.3 is 0 Å². The molecule has 0 aromatic carbocycles. The summed E-state index contributed by atoms with van der Waals surface area (Å²) in [6.07, 6.45) is 1.99. The van der Waals surface area contributed by atoms with Crippen molar-refractivity contribution in [3.05, 3.63) is 0 Å². The number of carbonyl (C=O) groups excluding carboxylic acids is 2. The largest absolute Gasteiger partial charge is 0.372 e. The van der Waals surface area contributed by atoms with E-state index >= 15 is 0 Å². The lowest BCUT2D eigenvalue weighted by atomic mass is 9.97. The lowest BCUT2D eigenvalue weighted by Crippen LogP contribution is -2.52. The maximum atomic E-state index is 12.5. The molecule has 2 fully saturated rings. The van der Waals surface area contributed by atoms with Crippen molar-refractivity contribution in [3.8, 4) is 0 Å². The number of nitrogens with one attached hydrogen (secondary N) is 1. The third-order valence-electron chi connectivity index (χ3n) is 4.45. The van der Waals surface area contributed by atoms with Crippen LogP contribution in [0.15, 0.2) is 0 Å². The lowest BCUT2D eigenvalue weighted by Gasteiger charge is -2.37. The van der Waals surface area contributed by atoms with Gasteiger partial charge in [0.1, 0.15) is 0 Å². The smallest absolute Gasteiger partial charge is 0.236 e. The van der Waals surface area contributed by atoms with Crippen molar-refractivity contribution < 1.29 is 14.3 Å². The van der Waals surface area contributed by atoms with Crippen LogP contribution in [0, 0.1) is 5.92 Å². The monoisotopic (exact) mass is 362 g/mol. The van der Waals surface area contributed by atoms with E-state index in [1.54, 1.807) is 0 Å². The van der Waals surface area contributed by atoms with Gasteiger partial charge in [-0.1, -0.05) is 0 Å². The standard InChI is InChI=1S/C16H30N4O3.ClH/c1-12-8-20(9-13(2)23-12)15(21)11-19-7-3-4-14(10-19)16(22)18-6-5-17;/h12-14H,3-11,17H2,1-2H3,(H,18,22);1H. The van der Waals surface area contributed by atoms with Crippen molar-refractivity contribution in [1.82, 2.24) is 15.1 Å². The fraction of sp³-hybridized carbons (Fsp3) is 0.875. The molecule has 0 spiro atoms. The number of halogens is 1. The molecule has 0 radical (unpaired) electrons. The van der Waals surface area contributed by atoms with Gasteiger partial charge in [-0.3, -0.25) is 14.5 Å². The van der Waals surface area contributed by atoms with Crippen LogP contribution in [0.5, 0.6) is 0 Å². The molecule has 3 atom stereocenters. The summed E-state index contributed by atoms with van der Waals surface area (Å²) in [5, 5.41) is 2.85.